The summed E-state index contributed by atoms with van der Waals surface area (Å²) in [4.78, 5) is 0. The second kappa shape index (κ2) is 13.1. The first-order valence-electron chi connectivity index (χ1n) is 15.1. The van der Waals surface area contributed by atoms with Gasteiger partial charge in [0.1, 0.15) is 0 Å². The lowest BCUT2D eigenvalue weighted by atomic mass is 9.56. The lowest BCUT2D eigenvalue weighted by molar-refractivity contribution is -0.00792. The van der Waals surface area contributed by atoms with Gasteiger partial charge in [0.25, 0.3) is 8.32 Å². The maximum absolute atomic E-state index is 7.83. The third-order valence-corrected chi connectivity index (χ3v) is 16.8. The van der Waals surface area contributed by atoms with E-state index in [0.29, 0.717) is 41.4 Å². The first-order valence-corrected chi connectivity index (χ1v) is 19.3. The molecule has 2 aliphatic rings. The summed E-state index contributed by atoms with van der Waals surface area (Å²) in [5.41, 5.74) is 1.60. The van der Waals surface area contributed by atoms with E-state index in [1.165, 1.54) is 23.2 Å². The monoisotopic (exact) mass is 672 g/mol. The van der Waals surface area contributed by atoms with Crippen molar-refractivity contribution in [1.82, 2.24) is 0 Å². The Morgan fingerprint density at radius 2 is 1.41 bits per heavy atom. The van der Waals surface area contributed by atoms with Crippen molar-refractivity contribution in [1.29, 1.82) is 0 Å². The van der Waals surface area contributed by atoms with Crippen molar-refractivity contribution in [2.75, 3.05) is 10.7 Å². The van der Waals surface area contributed by atoms with Crippen LogP contribution in [0, 0.1) is 41.4 Å². The predicted octanol–water partition coefficient (Wildman–Crippen LogP) is 9.24. The summed E-state index contributed by atoms with van der Waals surface area (Å²) in [5, 5.41) is 4.93. The number of rotatable bonds is 9. The van der Waals surface area contributed by atoms with Gasteiger partial charge in [-0.2, -0.15) is 0 Å². The molecule has 0 spiro atoms. The van der Waals surface area contributed by atoms with E-state index in [4.69, 9.17) is 4.43 Å². The number of alkyl halides is 2. The fourth-order valence-electron chi connectivity index (χ4n) is 7.98. The van der Waals surface area contributed by atoms with Crippen LogP contribution in [0.5, 0.6) is 0 Å². The molecule has 0 amide bonds. The highest BCUT2D eigenvalue weighted by Gasteiger charge is 2.54. The van der Waals surface area contributed by atoms with Crippen LogP contribution in [-0.4, -0.2) is 25.1 Å². The fraction of sp³-hybridized carbons (Fsp3) is 0.600. The highest BCUT2D eigenvalue weighted by Crippen LogP contribution is 2.53. The topological polar surface area (TPSA) is 9.23 Å². The quantitative estimate of drug-likeness (QED) is 0.146. The summed E-state index contributed by atoms with van der Waals surface area (Å²) >= 11 is 7.84. The van der Waals surface area contributed by atoms with Gasteiger partial charge in [-0.05, 0) is 83.0 Å². The summed E-state index contributed by atoms with van der Waals surface area (Å²) in [6, 6.07) is 22.4. The molecule has 1 fully saturated rings. The zero-order valence-corrected chi connectivity index (χ0v) is 29.3. The third kappa shape index (κ3) is 6.39. The molecule has 0 saturated heterocycles. The number of halogens is 2. The summed E-state index contributed by atoms with van der Waals surface area (Å²) in [6.07, 6.45) is 6.49. The molecule has 0 unspecified atom stereocenters. The van der Waals surface area contributed by atoms with E-state index in [0.717, 1.165) is 17.1 Å². The van der Waals surface area contributed by atoms with E-state index < -0.39 is 8.32 Å². The van der Waals surface area contributed by atoms with Crippen molar-refractivity contribution >= 4 is 50.6 Å². The van der Waals surface area contributed by atoms with E-state index in [1.807, 2.05) is 0 Å². The Labute approximate surface area is 257 Å². The molecule has 0 bridgehead atoms. The molecule has 0 N–H and O–H groups in total. The Bertz CT molecular complexity index is 1040. The van der Waals surface area contributed by atoms with E-state index >= 15 is 0 Å². The average Bonchev–Trinajstić information content (AvgIpc) is 2.91. The summed E-state index contributed by atoms with van der Waals surface area (Å²) in [6.45, 7) is 16.9. The summed E-state index contributed by atoms with van der Waals surface area (Å²) < 4.78 is 7.83. The van der Waals surface area contributed by atoms with Gasteiger partial charge in [-0.15, -0.1) is 0 Å². The van der Waals surface area contributed by atoms with Crippen molar-refractivity contribution in [2.45, 2.75) is 78.9 Å². The van der Waals surface area contributed by atoms with Crippen molar-refractivity contribution in [3.05, 3.63) is 72.3 Å². The zero-order chi connectivity index (χ0) is 28.4. The van der Waals surface area contributed by atoms with Gasteiger partial charge in [0.15, 0.2) is 0 Å². The lowest BCUT2D eigenvalue weighted by Crippen LogP contribution is -2.68. The van der Waals surface area contributed by atoms with Gasteiger partial charge in [0.05, 0.1) is 0 Å². The van der Waals surface area contributed by atoms with Gasteiger partial charge in [-0.3, -0.25) is 0 Å². The minimum absolute atomic E-state index is 0.00186. The number of allylic oxidation sites excluding steroid dienone is 2. The molecule has 39 heavy (non-hydrogen) atoms. The van der Waals surface area contributed by atoms with Gasteiger partial charge in [0.2, 0.25) is 0 Å². The van der Waals surface area contributed by atoms with Crippen LogP contribution < -0.4 is 10.4 Å². The first kappa shape index (κ1) is 31.3. The van der Waals surface area contributed by atoms with Crippen LogP contribution >= 0.6 is 31.9 Å². The van der Waals surface area contributed by atoms with Gasteiger partial charge in [-0.25, -0.2) is 0 Å². The normalized spacial score (nSPS) is 27.5. The molecule has 0 aliphatic heterocycles. The van der Waals surface area contributed by atoms with Gasteiger partial charge in [-0.1, -0.05) is 146 Å². The van der Waals surface area contributed by atoms with Crippen molar-refractivity contribution in [3.8, 4) is 0 Å². The first-order chi connectivity index (χ1) is 18.5. The van der Waals surface area contributed by atoms with Crippen LogP contribution in [0.1, 0.15) is 67.7 Å². The molecule has 2 aromatic rings. The van der Waals surface area contributed by atoms with Gasteiger partial charge in [0, 0.05) is 16.8 Å². The number of fused-ring (bicyclic) bond motifs is 1. The second-order valence-electron chi connectivity index (χ2n) is 13.9. The minimum Gasteiger partial charge on any atom is -0.404 e. The van der Waals surface area contributed by atoms with Crippen molar-refractivity contribution in [2.24, 2.45) is 41.4 Å². The second-order valence-corrected chi connectivity index (χ2v) is 19.4. The Morgan fingerprint density at radius 3 is 1.87 bits per heavy atom. The molecule has 0 radical (unpaired) electrons. The van der Waals surface area contributed by atoms with Crippen LogP contribution in [0.15, 0.2) is 72.3 Å². The van der Waals surface area contributed by atoms with Crippen LogP contribution in [0.25, 0.3) is 0 Å². The molecule has 7 atom stereocenters. The highest BCUT2D eigenvalue weighted by atomic mass is 79.9. The Kier molecular flexibility index (Phi) is 10.5. The predicted molar refractivity (Wildman–Crippen MR) is 179 cm³/mol. The molecular formula is C35H50Br2OSi. The maximum Gasteiger partial charge on any atom is 0.261 e. The molecular weight excluding hydrogens is 624 g/mol. The minimum atomic E-state index is -2.60. The van der Waals surface area contributed by atoms with Crippen molar-refractivity contribution in [3.63, 3.8) is 0 Å². The van der Waals surface area contributed by atoms with Gasteiger partial charge < -0.3 is 4.43 Å². The molecule has 1 nitrogen and oxygen atoms in total. The van der Waals surface area contributed by atoms with E-state index in [9.17, 15) is 0 Å². The van der Waals surface area contributed by atoms with Crippen LogP contribution in [0.4, 0.5) is 0 Å². The largest absolute Gasteiger partial charge is 0.404 e. The molecule has 0 heterocycles. The average molecular weight is 675 g/mol. The molecule has 1 saturated carbocycles. The lowest BCUT2D eigenvalue weighted by Gasteiger charge is -2.53. The summed E-state index contributed by atoms with van der Waals surface area (Å²) in [7, 11) is -2.60. The van der Waals surface area contributed by atoms with E-state index in [2.05, 4.69) is 147 Å². The molecule has 4 heteroatoms. The number of hydrogen-bond acceptors (Lipinski definition) is 1. The zero-order valence-electron chi connectivity index (χ0n) is 25.2. The number of benzene rings is 2. The SMILES string of the molecule is CC1=C[C@@H]2[C@H]([C@H](C)CBr)C[C@@H](O[Si](c3ccccc3)(c3ccccc3)C(C)(C)C)C[C@@H]2[C@H]([C@H](CBr)C(C)C)C1. The van der Waals surface area contributed by atoms with E-state index in [1.54, 1.807) is 5.57 Å². The Morgan fingerprint density at radius 1 is 0.846 bits per heavy atom. The van der Waals surface area contributed by atoms with Gasteiger partial charge >= 0.3 is 0 Å². The van der Waals surface area contributed by atoms with Crippen LogP contribution in [0.2, 0.25) is 5.04 Å². The van der Waals surface area contributed by atoms with Crippen LogP contribution in [-0.2, 0) is 4.43 Å². The summed E-state index contributed by atoms with van der Waals surface area (Å²) in [5.74, 6) is 4.63. The Balaban J connectivity index is 1.82. The molecule has 2 aromatic carbocycles. The third-order valence-electron chi connectivity index (χ3n) is 9.96. The Hall–Kier alpha value is -0.683. The standard InChI is InChI=1S/C35H50Br2OSi/c1-24(2)34(23-37)32-19-25(3)18-31-30(26(4)22-36)20-27(21-33(31)32)38-39(35(5,6)7,28-14-10-8-11-15-28)29-16-12-9-13-17-29/h8-18,24,26-27,30-34H,19-23H2,1-7H3/t26-,27-,30+,31-,32-,33+,34-/m1/s1. The molecule has 2 aliphatic carbocycles. The maximum atomic E-state index is 7.83. The smallest absolute Gasteiger partial charge is 0.261 e. The molecule has 4 rings (SSSR count). The number of hydrogen-bond donors (Lipinski definition) is 0. The van der Waals surface area contributed by atoms with Crippen LogP contribution in [0.3, 0.4) is 0 Å². The highest BCUT2D eigenvalue weighted by molar-refractivity contribution is 9.09. The van der Waals surface area contributed by atoms with Crippen molar-refractivity contribution < 1.29 is 4.43 Å². The molecule has 0 aromatic heterocycles. The fourth-order valence-corrected chi connectivity index (χ4v) is 14.4. The van der Waals surface area contributed by atoms with E-state index in [-0.39, 0.29) is 11.1 Å². The molecule has 214 valence electrons.